The Bertz CT molecular complexity index is 117. The van der Waals surface area contributed by atoms with Gasteiger partial charge in [0.1, 0.15) is 0 Å². The number of aliphatic hydroxyl groups excluding tert-OH is 1. The maximum atomic E-state index is 8.87. The molecule has 3 heteroatoms. The summed E-state index contributed by atoms with van der Waals surface area (Å²) in [4.78, 5) is 0. The standard InChI is InChI=1S/C7H12Br2O/c1-2-3-4-5-6(8)7(9)10/h10H,2-5H2,1H3/b7-6-. The summed E-state index contributed by atoms with van der Waals surface area (Å²) in [6.07, 6.45) is 4.48. The second-order valence-electron chi connectivity index (χ2n) is 2.15. The first-order chi connectivity index (χ1) is 4.68. The highest BCUT2D eigenvalue weighted by atomic mass is 79.9. The Morgan fingerprint density at radius 3 is 2.30 bits per heavy atom. The molecule has 1 N–H and O–H groups in total. The van der Waals surface area contributed by atoms with Gasteiger partial charge in [0.2, 0.25) is 0 Å². The van der Waals surface area contributed by atoms with E-state index in [-0.39, 0.29) is 4.67 Å². The molecule has 0 radical (unpaired) electrons. The van der Waals surface area contributed by atoms with Gasteiger partial charge in [0.05, 0.1) is 0 Å². The van der Waals surface area contributed by atoms with Gasteiger partial charge in [-0.1, -0.05) is 35.7 Å². The van der Waals surface area contributed by atoms with Crippen LogP contribution in [0.3, 0.4) is 0 Å². The highest BCUT2D eigenvalue weighted by Gasteiger charge is 1.96. The number of rotatable bonds is 4. The third-order valence-electron chi connectivity index (χ3n) is 1.22. The van der Waals surface area contributed by atoms with Crippen LogP contribution in [-0.4, -0.2) is 5.11 Å². The predicted molar refractivity (Wildman–Crippen MR) is 51.7 cm³/mol. The molecule has 0 saturated heterocycles. The van der Waals surface area contributed by atoms with Crippen molar-refractivity contribution in [3.05, 3.63) is 9.15 Å². The smallest absolute Gasteiger partial charge is 0.169 e. The predicted octanol–water partition coefficient (Wildman–Crippen LogP) is 4.08. The number of aliphatic hydroxyl groups is 1. The normalized spacial score (nSPS) is 13.1. The zero-order valence-electron chi connectivity index (χ0n) is 6.03. The van der Waals surface area contributed by atoms with Gasteiger partial charge in [0, 0.05) is 4.48 Å². The number of hydrogen-bond acceptors (Lipinski definition) is 1. The first-order valence-electron chi connectivity index (χ1n) is 3.41. The largest absolute Gasteiger partial charge is 0.501 e. The Balaban J connectivity index is 3.40. The molecule has 60 valence electrons. The molecule has 0 aliphatic heterocycles. The highest BCUT2D eigenvalue weighted by molar-refractivity contribution is 9.14. The van der Waals surface area contributed by atoms with Crippen LogP contribution in [0, 0.1) is 0 Å². The van der Waals surface area contributed by atoms with Crippen LogP contribution in [0.5, 0.6) is 0 Å². The fraction of sp³-hybridized carbons (Fsp3) is 0.714. The zero-order valence-corrected chi connectivity index (χ0v) is 9.20. The van der Waals surface area contributed by atoms with Gasteiger partial charge in [-0.2, -0.15) is 0 Å². The molecule has 0 aliphatic rings. The van der Waals surface area contributed by atoms with Crippen molar-refractivity contribution in [2.24, 2.45) is 0 Å². The lowest BCUT2D eigenvalue weighted by Gasteiger charge is -1.97. The molecule has 0 bridgehead atoms. The highest BCUT2D eigenvalue weighted by Crippen LogP contribution is 2.21. The lowest BCUT2D eigenvalue weighted by molar-refractivity contribution is 0.455. The molecular formula is C7H12Br2O. The van der Waals surface area contributed by atoms with E-state index in [2.05, 4.69) is 38.8 Å². The van der Waals surface area contributed by atoms with Crippen LogP contribution in [-0.2, 0) is 0 Å². The van der Waals surface area contributed by atoms with Crippen LogP contribution in [0.4, 0.5) is 0 Å². The third-order valence-corrected chi connectivity index (χ3v) is 3.01. The lowest BCUT2D eigenvalue weighted by atomic mass is 10.2. The SMILES string of the molecule is CCCCC/C(Br)=C(/O)Br. The van der Waals surface area contributed by atoms with Crippen molar-refractivity contribution in [3.63, 3.8) is 0 Å². The van der Waals surface area contributed by atoms with E-state index in [1.807, 2.05) is 0 Å². The Morgan fingerprint density at radius 2 is 1.90 bits per heavy atom. The molecule has 0 amide bonds. The van der Waals surface area contributed by atoms with Crippen LogP contribution < -0.4 is 0 Å². The maximum absolute atomic E-state index is 8.87. The minimum Gasteiger partial charge on any atom is -0.501 e. The summed E-state index contributed by atoms with van der Waals surface area (Å²) in [5.41, 5.74) is 0. The maximum Gasteiger partial charge on any atom is 0.169 e. The lowest BCUT2D eigenvalue weighted by Crippen LogP contribution is -1.78. The fourth-order valence-electron chi connectivity index (χ4n) is 0.633. The molecule has 0 spiro atoms. The summed E-state index contributed by atoms with van der Waals surface area (Å²) in [5.74, 6) is 0. The molecule has 0 aromatic rings. The molecule has 0 saturated carbocycles. The van der Waals surface area contributed by atoms with Crippen molar-refractivity contribution in [1.82, 2.24) is 0 Å². The van der Waals surface area contributed by atoms with E-state index in [9.17, 15) is 0 Å². The van der Waals surface area contributed by atoms with Crippen molar-refractivity contribution in [2.45, 2.75) is 32.6 Å². The first-order valence-corrected chi connectivity index (χ1v) is 5.00. The monoisotopic (exact) mass is 270 g/mol. The Hall–Kier alpha value is 0.500. The zero-order chi connectivity index (χ0) is 7.98. The van der Waals surface area contributed by atoms with E-state index in [1.165, 1.54) is 12.8 Å². The molecule has 0 aromatic heterocycles. The molecule has 0 rings (SSSR count). The average molecular weight is 272 g/mol. The van der Waals surface area contributed by atoms with Gasteiger partial charge < -0.3 is 5.11 Å². The summed E-state index contributed by atoms with van der Waals surface area (Å²) in [5, 5.41) is 8.87. The third kappa shape index (κ3) is 5.30. The van der Waals surface area contributed by atoms with Gasteiger partial charge >= 0.3 is 0 Å². The Kier molecular flexibility index (Phi) is 6.54. The topological polar surface area (TPSA) is 20.2 Å². The van der Waals surface area contributed by atoms with Crippen molar-refractivity contribution >= 4 is 31.9 Å². The summed E-state index contributed by atoms with van der Waals surface area (Å²) in [7, 11) is 0. The van der Waals surface area contributed by atoms with E-state index in [4.69, 9.17) is 5.11 Å². The van der Waals surface area contributed by atoms with Crippen molar-refractivity contribution in [3.8, 4) is 0 Å². The number of hydrogen-bond donors (Lipinski definition) is 1. The van der Waals surface area contributed by atoms with Gasteiger partial charge in [-0.15, -0.1) is 0 Å². The molecule has 0 fully saturated rings. The van der Waals surface area contributed by atoms with Gasteiger partial charge in [0.25, 0.3) is 0 Å². The van der Waals surface area contributed by atoms with E-state index in [0.717, 1.165) is 17.3 Å². The molecular weight excluding hydrogens is 260 g/mol. The summed E-state index contributed by atoms with van der Waals surface area (Å²) in [6, 6.07) is 0. The van der Waals surface area contributed by atoms with Gasteiger partial charge in [0.15, 0.2) is 4.67 Å². The average Bonchev–Trinajstić information content (AvgIpc) is 1.88. The number of allylic oxidation sites excluding steroid dienone is 1. The minimum atomic E-state index is 0.226. The minimum absolute atomic E-state index is 0.226. The van der Waals surface area contributed by atoms with E-state index < -0.39 is 0 Å². The van der Waals surface area contributed by atoms with Crippen LogP contribution >= 0.6 is 31.9 Å². The number of halogens is 2. The Labute approximate surface area is 78.8 Å². The quantitative estimate of drug-likeness (QED) is 0.603. The van der Waals surface area contributed by atoms with Gasteiger partial charge in [-0.05, 0) is 28.8 Å². The first kappa shape index (κ1) is 10.5. The molecule has 0 aromatic carbocycles. The number of unbranched alkanes of at least 4 members (excludes halogenated alkanes) is 2. The fourth-order valence-corrected chi connectivity index (χ4v) is 1.11. The van der Waals surface area contributed by atoms with Crippen LogP contribution in [0.1, 0.15) is 32.6 Å². The van der Waals surface area contributed by atoms with Crippen molar-refractivity contribution < 1.29 is 5.11 Å². The second-order valence-corrected chi connectivity index (χ2v) is 3.86. The van der Waals surface area contributed by atoms with Crippen LogP contribution in [0.25, 0.3) is 0 Å². The molecule has 0 unspecified atom stereocenters. The van der Waals surface area contributed by atoms with Crippen molar-refractivity contribution in [1.29, 1.82) is 0 Å². The van der Waals surface area contributed by atoms with Crippen molar-refractivity contribution in [2.75, 3.05) is 0 Å². The molecule has 1 nitrogen and oxygen atoms in total. The molecule has 10 heavy (non-hydrogen) atoms. The van der Waals surface area contributed by atoms with E-state index >= 15 is 0 Å². The Morgan fingerprint density at radius 1 is 1.30 bits per heavy atom. The molecule has 0 heterocycles. The van der Waals surface area contributed by atoms with E-state index in [1.54, 1.807) is 0 Å². The summed E-state index contributed by atoms with van der Waals surface area (Å²) >= 11 is 6.24. The second kappa shape index (κ2) is 6.23. The van der Waals surface area contributed by atoms with Gasteiger partial charge in [-0.25, -0.2) is 0 Å². The van der Waals surface area contributed by atoms with Gasteiger partial charge in [-0.3, -0.25) is 0 Å². The van der Waals surface area contributed by atoms with E-state index in [0.29, 0.717) is 0 Å². The van der Waals surface area contributed by atoms with Crippen LogP contribution in [0.15, 0.2) is 9.15 Å². The molecule has 0 atom stereocenters. The summed E-state index contributed by atoms with van der Waals surface area (Å²) < 4.78 is 1.09. The van der Waals surface area contributed by atoms with Crippen LogP contribution in [0.2, 0.25) is 0 Å². The summed E-state index contributed by atoms with van der Waals surface area (Å²) in [6.45, 7) is 2.16. The molecule has 0 aliphatic carbocycles.